The minimum Gasteiger partial charge on any atom is -0.456 e. The molecule has 518 valence electrons. The number of hydrogen-bond donors (Lipinski definition) is 0. The molecule has 18 aromatic rings. The normalized spacial score (nSPS) is 12.9. The zero-order valence-corrected chi connectivity index (χ0v) is 59.7. The van der Waals surface area contributed by atoms with Crippen LogP contribution in [0, 0.1) is 0 Å². The van der Waals surface area contributed by atoms with E-state index in [9.17, 15) is 0 Å². The molecule has 1 aliphatic rings. The summed E-state index contributed by atoms with van der Waals surface area (Å²) in [5.41, 5.74) is 13.0. The Hall–Kier alpha value is -13.4. The first kappa shape index (κ1) is 67.7. The predicted molar refractivity (Wildman–Crippen MR) is 428 cm³/mol. The summed E-state index contributed by atoms with van der Waals surface area (Å²) < 4.78 is 25.4. The van der Waals surface area contributed by atoms with Crippen LogP contribution in [-0.4, -0.2) is 78.1 Å². The maximum Gasteiger partial charge on any atom is 0.494 e. The van der Waals surface area contributed by atoms with Crippen molar-refractivity contribution in [2.75, 3.05) is 0 Å². The molecule has 1 saturated heterocycles. The van der Waals surface area contributed by atoms with Gasteiger partial charge in [-0.25, -0.2) is 49.8 Å². The Balaban J connectivity index is 0.000000129. The zero-order chi connectivity index (χ0) is 73.1. The van der Waals surface area contributed by atoms with Crippen molar-refractivity contribution in [3.63, 3.8) is 0 Å². The minimum absolute atomic E-state index is 0.202. The Kier molecular flexibility index (Phi) is 18.3. The van der Waals surface area contributed by atoms with Gasteiger partial charge in [0.2, 0.25) is 5.28 Å². The smallest absolute Gasteiger partial charge is 0.456 e. The Morgan fingerprint density at radius 3 is 0.806 bits per heavy atom. The Morgan fingerprint density at radius 2 is 0.500 bits per heavy atom. The molecule has 0 bridgehead atoms. The van der Waals surface area contributed by atoms with Crippen molar-refractivity contribution >= 4 is 68.1 Å². The van der Waals surface area contributed by atoms with Gasteiger partial charge in [-0.05, 0) is 81.2 Å². The third-order valence-electron chi connectivity index (χ3n) is 19.0. The van der Waals surface area contributed by atoms with Crippen LogP contribution < -0.4 is 5.46 Å². The fourth-order valence-corrected chi connectivity index (χ4v) is 13.0. The first-order valence-electron chi connectivity index (χ1n) is 35.3. The summed E-state index contributed by atoms with van der Waals surface area (Å²) in [6, 6.07) is 103. The van der Waals surface area contributed by atoms with E-state index in [1.54, 1.807) is 0 Å². The van der Waals surface area contributed by atoms with Gasteiger partial charge in [0.1, 0.15) is 22.3 Å². The molecule has 18 heteroatoms. The number of furan rings is 2. The molecular weight excluding hydrogens is 1360 g/mol. The van der Waals surface area contributed by atoms with Crippen LogP contribution in [0.15, 0.2) is 324 Å². The molecule has 1 aliphatic heterocycles. The fraction of sp³-hybridized carbons (Fsp3) is 0.0667. The average Bonchev–Trinajstić information content (AvgIpc) is 1.58. The highest BCUT2D eigenvalue weighted by atomic mass is 35.5. The van der Waals surface area contributed by atoms with Crippen LogP contribution in [0.25, 0.3) is 169 Å². The fourth-order valence-electron chi connectivity index (χ4n) is 12.9. The van der Waals surface area contributed by atoms with E-state index < -0.39 is 18.3 Å². The first-order chi connectivity index (χ1) is 52.9. The molecule has 108 heavy (non-hydrogen) atoms. The van der Waals surface area contributed by atoms with Crippen LogP contribution in [-0.2, 0) is 9.31 Å². The summed E-state index contributed by atoms with van der Waals surface area (Å²) in [5, 5.41) is 3.92. The molecule has 0 spiro atoms. The van der Waals surface area contributed by atoms with Crippen LogP contribution in [0.1, 0.15) is 27.7 Å². The number of aromatic nitrogens is 12. The molecule has 0 atom stereocenters. The number of rotatable bonds is 12. The molecule has 0 aliphatic carbocycles. The van der Waals surface area contributed by atoms with E-state index in [-0.39, 0.29) is 5.28 Å². The maximum atomic E-state index is 6.40. The largest absolute Gasteiger partial charge is 0.494 e. The van der Waals surface area contributed by atoms with Gasteiger partial charge in [0.05, 0.1) is 11.2 Å². The van der Waals surface area contributed by atoms with E-state index >= 15 is 0 Å². The highest BCUT2D eigenvalue weighted by molar-refractivity contribution is 6.62. The predicted octanol–water partition coefficient (Wildman–Crippen LogP) is 20.9. The molecule has 0 radical (unpaired) electrons. The molecule has 6 aromatic heterocycles. The Bertz CT molecular complexity index is 6030. The highest BCUT2D eigenvalue weighted by Gasteiger charge is 2.52. The second-order valence-electron chi connectivity index (χ2n) is 26.7. The number of hydrogen-bond acceptors (Lipinski definition) is 16. The number of fused-ring (bicyclic) bond motifs is 6. The van der Waals surface area contributed by atoms with Gasteiger partial charge in [-0.1, -0.05) is 279 Å². The maximum absolute atomic E-state index is 6.40. The van der Waals surface area contributed by atoms with Gasteiger partial charge in [-0.2, -0.15) is 9.97 Å². The highest BCUT2D eigenvalue weighted by Crippen LogP contribution is 2.42. The summed E-state index contributed by atoms with van der Waals surface area (Å²) in [6.07, 6.45) is 0. The lowest BCUT2D eigenvalue weighted by atomic mass is 9.78. The van der Waals surface area contributed by atoms with Crippen LogP contribution in [0.4, 0.5) is 0 Å². The van der Waals surface area contributed by atoms with E-state index in [2.05, 4.69) is 54.8 Å². The Labute approximate surface area is 627 Å². The van der Waals surface area contributed by atoms with E-state index in [0.29, 0.717) is 64.1 Å². The summed E-state index contributed by atoms with van der Waals surface area (Å²) in [4.78, 5) is 57.3. The second kappa shape index (κ2) is 29.2. The van der Waals surface area contributed by atoms with Gasteiger partial charge in [0.15, 0.2) is 64.1 Å². The summed E-state index contributed by atoms with van der Waals surface area (Å²) >= 11 is 5.99. The summed E-state index contributed by atoms with van der Waals surface area (Å²) in [5.74, 6) is 6.52. The quantitative estimate of drug-likeness (QED) is 0.105. The van der Waals surface area contributed by atoms with Gasteiger partial charge in [0, 0.05) is 82.7 Å². The lowest BCUT2D eigenvalue weighted by Crippen LogP contribution is -2.41. The third-order valence-corrected chi connectivity index (χ3v) is 19.2. The van der Waals surface area contributed by atoms with Crippen LogP contribution in [0.2, 0.25) is 5.28 Å². The first-order valence-corrected chi connectivity index (χ1v) is 35.7. The average molecular weight is 1420 g/mol. The van der Waals surface area contributed by atoms with E-state index in [0.717, 1.165) is 111 Å². The van der Waals surface area contributed by atoms with Crippen molar-refractivity contribution in [3.05, 3.63) is 321 Å². The molecule has 0 unspecified atom stereocenters. The van der Waals surface area contributed by atoms with Gasteiger partial charge in [-0.3, -0.25) is 0 Å². The monoisotopic (exact) mass is 1420 g/mol. The van der Waals surface area contributed by atoms with E-state index in [1.807, 2.05) is 303 Å². The number of benzene rings is 12. The van der Waals surface area contributed by atoms with Crippen molar-refractivity contribution in [1.82, 2.24) is 59.8 Å². The Morgan fingerprint density at radius 1 is 0.241 bits per heavy atom. The van der Waals surface area contributed by atoms with Crippen molar-refractivity contribution in [2.45, 2.75) is 38.9 Å². The lowest BCUT2D eigenvalue weighted by Gasteiger charge is -2.32. The summed E-state index contributed by atoms with van der Waals surface area (Å²) in [7, 11) is -0.474. The lowest BCUT2D eigenvalue weighted by molar-refractivity contribution is 0.00578. The summed E-state index contributed by atoms with van der Waals surface area (Å²) in [6.45, 7) is 8.25. The SMILES string of the molecule is CC1(C)OB(c2ccc3oc4cccc(-c5nc(-c6ccccc6)nc(-c6ccccc6)n5)c4c3c2)OC1(C)C.Clc1nc(-c2ccccc2)nc(-c2ccccc2)n1.c1ccc(-c2nc(-c3ccccc3)nc(-c3ccc4oc5cccc(-c6nc(-c7ccccc7)nc(-c7ccccc7)n6)c5c4c3)n2)cc1. The second-order valence-corrected chi connectivity index (χ2v) is 27.1. The molecule has 0 saturated carbocycles. The third kappa shape index (κ3) is 14.0. The molecule has 16 nitrogen and oxygen atoms in total. The van der Waals surface area contributed by atoms with Crippen LogP contribution in [0.5, 0.6) is 0 Å². The van der Waals surface area contributed by atoms with Crippen molar-refractivity contribution < 1.29 is 18.1 Å². The molecule has 12 aromatic carbocycles. The molecule has 1 fully saturated rings. The van der Waals surface area contributed by atoms with Crippen molar-refractivity contribution in [2.24, 2.45) is 0 Å². The topological polar surface area (TPSA) is 199 Å². The van der Waals surface area contributed by atoms with Gasteiger partial charge < -0.3 is 18.1 Å². The van der Waals surface area contributed by atoms with Gasteiger partial charge in [-0.15, -0.1) is 0 Å². The minimum atomic E-state index is -0.474. The number of halogens is 1. The van der Waals surface area contributed by atoms with Crippen molar-refractivity contribution in [1.29, 1.82) is 0 Å². The molecular formula is C90H64BClN12O4. The van der Waals surface area contributed by atoms with E-state index in [1.165, 1.54) is 0 Å². The molecule has 0 N–H and O–H groups in total. The molecule has 0 amide bonds. The van der Waals surface area contributed by atoms with Crippen molar-refractivity contribution in [3.8, 4) is 125 Å². The van der Waals surface area contributed by atoms with Gasteiger partial charge >= 0.3 is 7.12 Å². The molecule has 7 heterocycles. The van der Waals surface area contributed by atoms with Gasteiger partial charge in [0.25, 0.3) is 0 Å². The zero-order valence-electron chi connectivity index (χ0n) is 59.0. The van der Waals surface area contributed by atoms with E-state index in [4.69, 9.17) is 74.6 Å². The number of nitrogens with zero attached hydrogens (tertiary/aromatic N) is 12. The standard InChI is InChI=1S/C42H26N6O.C33H28BN3O3.C15H10ClN3/c1-5-14-27(15-6-1)37-43-38(28-16-7-2-8-17-28)46-41(45-37)31-24-25-34-33(26-31)36-32(22-13-23-35(36)49-34)42-47-39(29-18-9-3-10-19-29)44-40(48-42)30-20-11-4-12-21-30;1-32(2)33(3,4)40-34(39-32)23-18-19-26-25(20-23)28-24(16-11-17-27(28)38-26)31-36-29(21-12-7-5-8-13-21)35-30(37-31)22-14-9-6-10-15-22;16-15-18-13(11-7-3-1-4-8-11)17-14(19-15)12-9-5-2-6-10-12/h1-26H;5-20H,1-4H3;1-10H. The van der Waals surface area contributed by atoms with Crippen LogP contribution >= 0.6 is 11.6 Å². The van der Waals surface area contributed by atoms with Crippen LogP contribution in [0.3, 0.4) is 0 Å². The molecule has 19 rings (SSSR count).